The Balaban J connectivity index is 1.25. The standard InChI is InChI=1S/C35H32Cl2F2N4O3/c1-16-11-18-12-19(13-27(46-20-5-6-20)30(18)43-32(16)37)33(44)41-15-23(17-3-4-17)26-14-24-21(9-10-35(24,2)34(40)45)31(42-26)22-7-8-25(38)28(36)29(22)39/h7-8,11-14,17,20,23H,3-6,9-10,15H2,1-2H3,(H2,40,45)(H,41,44)/t23-,35-/m0/s1. The molecular weight excluding hydrogens is 633 g/mol. The fourth-order valence-electron chi connectivity index (χ4n) is 6.46. The molecule has 0 bridgehead atoms. The summed E-state index contributed by atoms with van der Waals surface area (Å²) in [5.41, 5.74) is 9.06. The number of carbonyl (C=O) groups is 2. The first-order chi connectivity index (χ1) is 21.9. The van der Waals surface area contributed by atoms with E-state index in [0.29, 0.717) is 57.3 Å². The van der Waals surface area contributed by atoms with Crippen LogP contribution in [0.4, 0.5) is 8.78 Å². The van der Waals surface area contributed by atoms with E-state index in [1.165, 1.54) is 6.07 Å². The Morgan fingerprint density at radius 3 is 2.57 bits per heavy atom. The minimum atomic E-state index is -0.989. The number of hydrogen-bond acceptors (Lipinski definition) is 5. The molecule has 0 unspecified atom stereocenters. The first kappa shape index (κ1) is 30.8. The van der Waals surface area contributed by atoms with Gasteiger partial charge in [-0.3, -0.25) is 14.6 Å². The first-order valence-corrected chi connectivity index (χ1v) is 16.2. The molecule has 3 aliphatic carbocycles. The van der Waals surface area contributed by atoms with E-state index >= 15 is 4.39 Å². The number of nitrogens with zero attached hydrogens (tertiary/aromatic N) is 2. The van der Waals surface area contributed by atoms with Gasteiger partial charge in [0.15, 0.2) is 5.82 Å². The van der Waals surface area contributed by atoms with E-state index in [9.17, 15) is 14.0 Å². The second kappa shape index (κ2) is 11.5. The predicted octanol–water partition coefficient (Wildman–Crippen LogP) is 7.34. The zero-order valence-electron chi connectivity index (χ0n) is 25.4. The smallest absolute Gasteiger partial charge is 0.251 e. The van der Waals surface area contributed by atoms with Gasteiger partial charge in [0, 0.05) is 34.7 Å². The number of halogens is 4. The van der Waals surface area contributed by atoms with Crippen molar-refractivity contribution in [2.45, 2.75) is 69.8 Å². The van der Waals surface area contributed by atoms with E-state index in [0.717, 1.165) is 42.7 Å². The number of rotatable bonds is 9. The highest BCUT2D eigenvalue weighted by molar-refractivity contribution is 6.31. The number of benzene rings is 2. The van der Waals surface area contributed by atoms with Gasteiger partial charge in [0.05, 0.1) is 17.2 Å². The molecule has 3 aliphatic rings. The number of ether oxygens (including phenoxy) is 1. The highest BCUT2D eigenvalue weighted by Gasteiger charge is 2.43. The maximum Gasteiger partial charge on any atom is 0.251 e. The number of amides is 2. The highest BCUT2D eigenvalue weighted by atomic mass is 35.5. The van der Waals surface area contributed by atoms with Crippen molar-refractivity contribution in [1.29, 1.82) is 0 Å². The van der Waals surface area contributed by atoms with Crippen molar-refractivity contribution in [3.8, 4) is 17.0 Å². The molecule has 2 aromatic heterocycles. The van der Waals surface area contributed by atoms with Crippen molar-refractivity contribution in [2.24, 2.45) is 11.7 Å². The fourth-order valence-corrected chi connectivity index (χ4v) is 6.77. The van der Waals surface area contributed by atoms with Crippen LogP contribution in [0.3, 0.4) is 0 Å². The molecule has 2 amide bonds. The summed E-state index contributed by atoms with van der Waals surface area (Å²) in [4.78, 5) is 35.8. The minimum Gasteiger partial charge on any atom is -0.488 e. The fraction of sp³-hybridized carbons (Fsp3) is 0.371. The lowest BCUT2D eigenvalue weighted by atomic mass is 9.82. The van der Waals surface area contributed by atoms with Crippen molar-refractivity contribution in [3.63, 3.8) is 0 Å². The Morgan fingerprint density at radius 2 is 1.87 bits per heavy atom. The lowest BCUT2D eigenvalue weighted by Crippen LogP contribution is -2.36. The summed E-state index contributed by atoms with van der Waals surface area (Å²) in [5.74, 6) is -2.05. The number of nitrogens with one attached hydrogen (secondary N) is 1. The minimum absolute atomic E-state index is 0.0557. The van der Waals surface area contributed by atoms with Gasteiger partial charge >= 0.3 is 0 Å². The van der Waals surface area contributed by atoms with Crippen molar-refractivity contribution in [2.75, 3.05) is 6.54 Å². The quantitative estimate of drug-likeness (QED) is 0.144. The number of aromatic nitrogens is 2. The molecule has 4 aromatic rings. The van der Waals surface area contributed by atoms with Crippen LogP contribution < -0.4 is 15.8 Å². The van der Waals surface area contributed by atoms with Crippen LogP contribution in [0.1, 0.15) is 77.7 Å². The van der Waals surface area contributed by atoms with Crippen molar-refractivity contribution < 1.29 is 23.1 Å². The van der Waals surface area contributed by atoms with E-state index in [1.54, 1.807) is 19.1 Å². The summed E-state index contributed by atoms with van der Waals surface area (Å²) in [6, 6.07) is 9.68. The third-order valence-corrected chi connectivity index (χ3v) is 10.3. The summed E-state index contributed by atoms with van der Waals surface area (Å²) < 4.78 is 35.6. The average Bonchev–Trinajstić information content (AvgIpc) is 3.97. The summed E-state index contributed by atoms with van der Waals surface area (Å²) >= 11 is 12.3. The van der Waals surface area contributed by atoms with Crippen LogP contribution >= 0.6 is 23.2 Å². The Kier molecular flexibility index (Phi) is 7.67. The van der Waals surface area contributed by atoms with Crippen molar-refractivity contribution in [3.05, 3.63) is 86.2 Å². The van der Waals surface area contributed by atoms with Crippen LogP contribution in [-0.2, 0) is 16.6 Å². The van der Waals surface area contributed by atoms with Gasteiger partial charge < -0.3 is 15.8 Å². The Labute approximate surface area is 274 Å². The molecule has 3 N–H and O–H groups in total. The topological polar surface area (TPSA) is 107 Å². The number of pyridine rings is 2. The van der Waals surface area contributed by atoms with Crippen LogP contribution in [0.2, 0.25) is 10.2 Å². The van der Waals surface area contributed by atoms with Crippen LogP contribution in [0, 0.1) is 24.5 Å². The zero-order chi connectivity index (χ0) is 32.5. The summed E-state index contributed by atoms with van der Waals surface area (Å²) in [6.07, 6.45) is 4.72. The third kappa shape index (κ3) is 5.47. The molecule has 46 heavy (non-hydrogen) atoms. The van der Waals surface area contributed by atoms with Gasteiger partial charge in [-0.1, -0.05) is 23.2 Å². The van der Waals surface area contributed by atoms with E-state index in [2.05, 4.69) is 10.3 Å². The van der Waals surface area contributed by atoms with Gasteiger partial charge in [-0.05, 0) is 111 Å². The molecular formula is C35H32Cl2F2N4O3. The van der Waals surface area contributed by atoms with Crippen molar-refractivity contribution >= 4 is 45.9 Å². The molecule has 2 atom stereocenters. The molecule has 0 saturated heterocycles. The van der Waals surface area contributed by atoms with Gasteiger partial charge in [-0.2, -0.15) is 0 Å². The monoisotopic (exact) mass is 664 g/mol. The second-order valence-electron chi connectivity index (χ2n) is 13.0. The molecule has 2 fully saturated rings. The molecule has 238 valence electrons. The molecule has 2 aromatic carbocycles. The zero-order valence-corrected chi connectivity index (χ0v) is 26.9. The number of aryl methyl sites for hydroxylation is 1. The number of carbonyl (C=O) groups excluding carboxylic acids is 2. The van der Waals surface area contributed by atoms with Crippen LogP contribution in [0.15, 0.2) is 36.4 Å². The molecule has 0 radical (unpaired) electrons. The third-order valence-electron chi connectivity index (χ3n) is 9.59. The lowest BCUT2D eigenvalue weighted by Gasteiger charge is -2.25. The number of fused-ring (bicyclic) bond motifs is 2. The summed E-state index contributed by atoms with van der Waals surface area (Å²) in [6.45, 7) is 3.89. The first-order valence-electron chi connectivity index (χ1n) is 15.5. The van der Waals surface area contributed by atoms with Crippen LogP contribution in [-0.4, -0.2) is 34.4 Å². The molecule has 0 spiro atoms. The van der Waals surface area contributed by atoms with Gasteiger partial charge in [0.1, 0.15) is 27.3 Å². The summed E-state index contributed by atoms with van der Waals surface area (Å²) in [5, 5.41) is 3.60. The number of nitrogens with two attached hydrogens (primary N) is 1. The van der Waals surface area contributed by atoms with Gasteiger partial charge in [-0.15, -0.1) is 0 Å². The predicted molar refractivity (Wildman–Crippen MR) is 172 cm³/mol. The van der Waals surface area contributed by atoms with Gasteiger partial charge in [0.25, 0.3) is 5.91 Å². The largest absolute Gasteiger partial charge is 0.488 e. The molecule has 2 saturated carbocycles. The Hall–Kier alpha value is -3.82. The highest BCUT2D eigenvalue weighted by Crippen LogP contribution is 2.48. The second-order valence-corrected chi connectivity index (χ2v) is 13.7. The van der Waals surface area contributed by atoms with E-state index in [-0.39, 0.29) is 36.0 Å². The molecule has 7 nitrogen and oxygen atoms in total. The van der Waals surface area contributed by atoms with E-state index in [4.69, 9.17) is 38.7 Å². The van der Waals surface area contributed by atoms with E-state index < -0.39 is 28.0 Å². The number of primary amides is 1. The maximum absolute atomic E-state index is 15.4. The average molecular weight is 666 g/mol. The van der Waals surface area contributed by atoms with Gasteiger partial charge in [0.2, 0.25) is 5.91 Å². The molecule has 0 aliphatic heterocycles. The van der Waals surface area contributed by atoms with E-state index in [1.807, 2.05) is 19.1 Å². The maximum atomic E-state index is 15.4. The Bertz CT molecular complexity index is 1950. The SMILES string of the molecule is Cc1cc2cc(C(=O)NC[C@H](c3cc4c(c(-c5ccc(F)c(Cl)c5F)n3)CC[C@]4(C)C(N)=O)C3CC3)cc(OC3CC3)c2nc1Cl. The van der Waals surface area contributed by atoms with Crippen LogP contribution in [0.5, 0.6) is 5.75 Å². The van der Waals surface area contributed by atoms with Crippen LogP contribution in [0.25, 0.3) is 22.2 Å². The lowest BCUT2D eigenvalue weighted by molar-refractivity contribution is -0.122. The van der Waals surface area contributed by atoms with Gasteiger partial charge in [-0.25, -0.2) is 13.8 Å². The molecule has 11 heteroatoms. The molecule has 2 heterocycles. The summed E-state index contributed by atoms with van der Waals surface area (Å²) in [7, 11) is 0. The normalized spacial score (nSPS) is 19.6. The number of hydrogen-bond donors (Lipinski definition) is 2. The Morgan fingerprint density at radius 1 is 1.11 bits per heavy atom. The molecule has 7 rings (SSSR count). The van der Waals surface area contributed by atoms with Crippen molar-refractivity contribution in [1.82, 2.24) is 15.3 Å².